The summed E-state index contributed by atoms with van der Waals surface area (Å²) < 4.78 is 0. The second kappa shape index (κ2) is 18.6. The van der Waals surface area contributed by atoms with Crippen LogP contribution in [0.1, 0.15) is 51.4 Å². The molecule has 0 aromatic heterocycles. The van der Waals surface area contributed by atoms with Gasteiger partial charge < -0.3 is 20.0 Å². The minimum Gasteiger partial charge on any atom is -0.395 e. The summed E-state index contributed by atoms with van der Waals surface area (Å²) in [6, 6.07) is 0. The van der Waals surface area contributed by atoms with Crippen molar-refractivity contribution < 1.29 is 10.2 Å². The number of likely N-dealkylation sites (tertiary alicyclic amines) is 2. The third kappa shape index (κ3) is 13.7. The standard InChI is InChI=1S/2C8H17NO.2HI/c2*10-8-7-9-5-3-1-2-4-6-9;;/h2*10H,1-8H2;2*1H. The van der Waals surface area contributed by atoms with Crippen molar-refractivity contribution in [2.75, 3.05) is 52.5 Å². The van der Waals surface area contributed by atoms with Crippen LogP contribution < -0.4 is 0 Å². The van der Waals surface area contributed by atoms with Crippen molar-refractivity contribution in [3.8, 4) is 0 Å². The van der Waals surface area contributed by atoms with Gasteiger partial charge in [0.25, 0.3) is 0 Å². The topological polar surface area (TPSA) is 46.9 Å². The average molecular weight is 542 g/mol. The fraction of sp³-hybridized carbons (Fsp3) is 1.00. The molecule has 0 aliphatic carbocycles. The molecule has 2 rings (SSSR count). The number of aliphatic hydroxyl groups excluding tert-OH is 2. The van der Waals surface area contributed by atoms with Gasteiger partial charge in [0.1, 0.15) is 0 Å². The van der Waals surface area contributed by atoms with Gasteiger partial charge in [-0.2, -0.15) is 0 Å². The van der Waals surface area contributed by atoms with Crippen LogP contribution in [-0.4, -0.2) is 72.5 Å². The molecule has 0 aromatic rings. The molecule has 0 radical (unpaired) electrons. The molecule has 0 bridgehead atoms. The molecule has 0 spiro atoms. The van der Waals surface area contributed by atoms with Gasteiger partial charge in [-0.15, -0.1) is 48.0 Å². The van der Waals surface area contributed by atoms with Crippen LogP contribution in [0, 0.1) is 0 Å². The number of aliphatic hydroxyl groups is 2. The molecule has 2 aliphatic rings. The molecule has 2 heterocycles. The van der Waals surface area contributed by atoms with Gasteiger partial charge in [0, 0.05) is 13.1 Å². The van der Waals surface area contributed by atoms with Crippen molar-refractivity contribution >= 4 is 48.0 Å². The molecule has 136 valence electrons. The summed E-state index contributed by atoms with van der Waals surface area (Å²) in [6.07, 6.45) is 10.8. The summed E-state index contributed by atoms with van der Waals surface area (Å²) in [7, 11) is 0. The Hall–Kier alpha value is 1.30. The Kier molecular flexibility index (Phi) is 21.6. The van der Waals surface area contributed by atoms with E-state index >= 15 is 0 Å². The molecule has 6 heteroatoms. The van der Waals surface area contributed by atoms with Crippen LogP contribution in [0.25, 0.3) is 0 Å². The predicted octanol–water partition coefficient (Wildman–Crippen LogP) is 2.95. The number of hydrogen-bond donors (Lipinski definition) is 2. The molecule has 4 nitrogen and oxygen atoms in total. The van der Waals surface area contributed by atoms with E-state index in [2.05, 4.69) is 9.80 Å². The van der Waals surface area contributed by atoms with Crippen LogP contribution in [0.2, 0.25) is 0 Å². The van der Waals surface area contributed by atoms with Crippen molar-refractivity contribution in [2.45, 2.75) is 51.4 Å². The van der Waals surface area contributed by atoms with Crippen LogP contribution in [0.15, 0.2) is 0 Å². The van der Waals surface area contributed by atoms with E-state index in [1.807, 2.05) is 0 Å². The fourth-order valence-electron chi connectivity index (χ4n) is 3.00. The molecule has 0 amide bonds. The average Bonchev–Trinajstić information content (AvgIpc) is 2.85. The maximum Gasteiger partial charge on any atom is 0.0558 e. The van der Waals surface area contributed by atoms with E-state index < -0.39 is 0 Å². The molecule has 0 unspecified atom stereocenters. The molecule has 2 saturated heterocycles. The van der Waals surface area contributed by atoms with Crippen molar-refractivity contribution in [3.05, 3.63) is 0 Å². The fourth-order valence-corrected chi connectivity index (χ4v) is 3.00. The van der Waals surface area contributed by atoms with Gasteiger partial charge in [0.05, 0.1) is 13.2 Å². The number of halogens is 2. The van der Waals surface area contributed by atoms with Gasteiger partial charge in [-0.05, 0) is 51.9 Å². The van der Waals surface area contributed by atoms with Crippen molar-refractivity contribution in [3.63, 3.8) is 0 Å². The second-order valence-electron chi connectivity index (χ2n) is 5.96. The van der Waals surface area contributed by atoms with Gasteiger partial charge in [0.15, 0.2) is 0 Å². The first-order chi connectivity index (χ1) is 9.86. The molecular weight excluding hydrogens is 506 g/mol. The lowest BCUT2D eigenvalue weighted by molar-refractivity contribution is 0.200. The number of hydrogen-bond acceptors (Lipinski definition) is 4. The molecule has 0 aromatic carbocycles. The zero-order valence-corrected chi connectivity index (χ0v) is 18.6. The lowest BCUT2D eigenvalue weighted by Crippen LogP contribution is -2.27. The Bertz CT molecular complexity index is 186. The van der Waals surface area contributed by atoms with Crippen LogP contribution >= 0.6 is 48.0 Å². The summed E-state index contributed by atoms with van der Waals surface area (Å²) in [4.78, 5) is 4.71. The molecule has 2 fully saturated rings. The minimum atomic E-state index is 0. The van der Waals surface area contributed by atoms with Gasteiger partial charge >= 0.3 is 0 Å². The van der Waals surface area contributed by atoms with E-state index in [1.165, 1.54) is 77.5 Å². The SMILES string of the molecule is I.I.OCCN1CCCCCC1.OCCN1CCCCCC1. The third-order valence-electron chi connectivity index (χ3n) is 4.23. The van der Waals surface area contributed by atoms with Crippen LogP contribution in [-0.2, 0) is 0 Å². The van der Waals surface area contributed by atoms with Crippen LogP contribution in [0.3, 0.4) is 0 Å². The lowest BCUT2D eigenvalue weighted by Gasteiger charge is -2.17. The second-order valence-corrected chi connectivity index (χ2v) is 5.96. The highest BCUT2D eigenvalue weighted by atomic mass is 127. The zero-order chi connectivity index (χ0) is 14.5. The highest BCUT2D eigenvalue weighted by molar-refractivity contribution is 14.0. The maximum absolute atomic E-state index is 8.67. The van der Waals surface area contributed by atoms with Crippen molar-refractivity contribution in [1.29, 1.82) is 0 Å². The van der Waals surface area contributed by atoms with Crippen molar-refractivity contribution in [2.24, 2.45) is 0 Å². The highest BCUT2D eigenvalue weighted by Crippen LogP contribution is 2.09. The molecule has 22 heavy (non-hydrogen) atoms. The molecule has 2 N–H and O–H groups in total. The van der Waals surface area contributed by atoms with Gasteiger partial charge in [0.2, 0.25) is 0 Å². The van der Waals surface area contributed by atoms with E-state index in [-0.39, 0.29) is 48.0 Å². The van der Waals surface area contributed by atoms with Crippen molar-refractivity contribution in [1.82, 2.24) is 9.80 Å². The van der Waals surface area contributed by atoms with Crippen LogP contribution in [0.5, 0.6) is 0 Å². The Morgan fingerprint density at radius 1 is 0.500 bits per heavy atom. The minimum absolute atomic E-state index is 0. The number of nitrogens with zero attached hydrogens (tertiary/aromatic N) is 2. The van der Waals surface area contributed by atoms with Gasteiger partial charge in [-0.25, -0.2) is 0 Å². The summed E-state index contributed by atoms with van der Waals surface area (Å²) >= 11 is 0. The van der Waals surface area contributed by atoms with E-state index in [9.17, 15) is 0 Å². The molecule has 0 saturated carbocycles. The smallest absolute Gasteiger partial charge is 0.0558 e. The Balaban J connectivity index is 0. The maximum atomic E-state index is 8.67. The van der Waals surface area contributed by atoms with Crippen LogP contribution in [0.4, 0.5) is 0 Å². The van der Waals surface area contributed by atoms with E-state index in [1.54, 1.807) is 0 Å². The monoisotopic (exact) mass is 542 g/mol. The molecular formula is C16H36I2N2O2. The first-order valence-corrected chi connectivity index (χ1v) is 8.53. The van der Waals surface area contributed by atoms with E-state index in [0.717, 1.165) is 13.1 Å². The van der Waals surface area contributed by atoms with Gasteiger partial charge in [-0.3, -0.25) is 0 Å². The Morgan fingerprint density at radius 3 is 1.00 bits per heavy atom. The Morgan fingerprint density at radius 2 is 0.773 bits per heavy atom. The zero-order valence-electron chi connectivity index (χ0n) is 13.9. The lowest BCUT2D eigenvalue weighted by atomic mass is 10.2. The summed E-state index contributed by atoms with van der Waals surface area (Å²) in [5.41, 5.74) is 0. The summed E-state index contributed by atoms with van der Waals surface area (Å²) in [6.45, 7) is 7.17. The summed E-state index contributed by atoms with van der Waals surface area (Å²) in [5, 5.41) is 17.3. The van der Waals surface area contributed by atoms with Gasteiger partial charge in [-0.1, -0.05) is 25.7 Å². The highest BCUT2D eigenvalue weighted by Gasteiger charge is 2.07. The largest absolute Gasteiger partial charge is 0.395 e. The summed E-state index contributed by atoms with van der Waals surface area (Å²) in [5.74, 6) is 0. The third-order valence-corrected chi connectivity index (χ3v) is 4.23. The number of rotatable bonds is 4. The Labute approximate surface area is 171 Å². The van der Waals surface area contributed by atoms with E-state index in [4.69, 9.17) is 10.2 Å². The van der Waals surface area contributed by atoms with E-state index in [0.29, 0.717) is 13.2 Å². The number of β-amino-alcohol motifs (C(OH)–C–C–N with tert-alkyl or cyclic N) is 2. The first-order valence-electron chi connectivity index (χ1n) is 8.53. The first kappa shape index (κ1) is 25.5. The normalized spacial score (nSPS) is 20.5. The quantitative estimate of drug-likeness (QED) is 0.537. The molecule has 2 aliphatic heterocycles. The predicted molar refractivity (Wildman–Crippen MR) is 115 cm³/mol. The molecule has 0 atom stereocenters.